The van der Waals surface area contributed by atoms with Gasteiger partial charge in [0.2, 0.25) is 70.9 Å². The van der Waals surface area contributed by atoms with Crippen LogP contribution in [0.1, 0.15) is 138 Å². The first-order chi connectivity index (χ1) is 57.9. The SMILES string of the molecule is CNC(=O)c1ccccc1Sc1ccc2c(/C=C/c3ccccn3)n(Cc3ccc(NC(=O)[C@H](CCC(=O)O)NC(=O)CCC(=O)N[C@H](C(=O)N[C@@H](CCN)C(=O)N[C@H]4CCNC(=O)[C@H]([C@@H](C)O)NC(=O)[C@H](CCCN)NC(=O)[C@H](CCN)NC(=O)[C@H](CC(C)C)NC(=O)[C@@H](Cc5ccccc5)NC(=O)[C@H](CCCN)NC4=O)[C@@H](C)O)cc3)nc2c1. The fourth-order valence-corrected chi connectivity index (χ4v) is 14.0. The second kappa shape index (κ2) is 48.9. The Morgan fingerprint density at radius 1 is 0.587 bits per heavy atom. The minimum absolute atomic E-state index is 0.00234. The van der Waals surface area contributed by atoms with E-state index in [-0.39, 0.29) is 108 Å². The molecule has 24 N–H and O–H groups in total. The minimum Gasteiger partial charge on any atom is -0.481 e. The zero-order valence-electron chi connectivity index (χ0n) is 68.3. The molecule has 1 fully saturated rings. The summed E-state index contributed by atoms with van der Waals surface area (Å²) in [6.07, 6.45) is -1.18. The Morgan fingerprint density at radius 3 is 1.79 bits per heavy atom. The number of pyridine rings is 1. The molecule has 4 aromatic carbocycles. The molecule has 0 saturated carbocycles. The van der Waals surface area contributed by atoms with Crippen LogP contribution in [0.2, 0.25) is 0 Å². The number of benzene rings is 4. The van der Waals surface area contributed by atoms with E-state index in [1.165, 1.54) is 18.7 Å². The van der Waals surface area contributed by atoms with Crippen LogP contribution in [0.15, 0.2) is 131 Å². The van der Waals surface area contributed by atoms with Crippen molar-refractivity contribution in [3.05, 3.63) is 150 Å². The van der Waals surface area contributed by atoms with Crippen LogP contribution in [0.25, 0.3) is 23.1 Å². The fraction of sp³-hybridized carbons (Fsp3) is 0.446. The van der Waals surface area contributed by atoms with Gasteiger partial charge in [0.15, 0.2) is 0 Å². The largest absolute Gasteiger partial charge is 0.481 e. The van der Waals surface area contributed by atoms with E-state index in [1.54, 1.807) is 93.8 Å². The number of aliphatic hydroxyl groups is 2. The van der Waals surface area contributed by atoms with E-state index in [0.29, 0.717) is 22.3 Å². The fourth-order valence-electron chi connectivity index (χ4n) is 13.0. The van der Waals surface area contributed by atoms with Gasteiger partial charge in [-0.15, -0.1) is 0 Å². The van der Waals surface area contributed by atoms with Crippen molar-refractivity contribution in [1.82, 2.24) is 78.6 Å². The molecule has 12 atom stereocenters. The maximum atomic E-state index is 14.8. The first-order valence-electron chi connectivity index (χ1n) is 40.1. The third-order valence-corrected chi connectivity index (χ3v) is 20.5. The summed E-state index contributed by atoms with van der Waals surface area (Å²) in [5.74, 6) is -13.2. The topological polar surface area (TPSA) is 591 Å². The Balaban J connectivity index is 1.05. The second-order valence-corrected chi connectivity index (χ2v) is 30.7. The maximum absolute atomic E-state index is 14.8. The third-order valence-electron chi connectivity index (χ3n) is 19.5. The molecule has 3 heterocycles. The lowest BCUT2D eigenvalue weighted by Crippen LogP contribution is -2.61. The quantitative estimate of drug-likeness (QED) is 0.0230. The highest BCUT2D eigenvalue weighted by molar-refractivity contribution is 7.99. The van der Waals surface area contributed by atoms with Crippen LogP contribution in [-0.2, 0) is 75.3 Å². The third kappa shape index (κ3) is 30.6. The van der Waals surface area contributed by atoms with Gasteiger partial charge in [0.05, 0.1) is 41.2 Å². The standard InChI is InChI=1S/C83H112N20O17S/c1-47(2)43-64-80(117)95-60(34-39-86)76(113)94-58(20-14-38-85)79(116)101-71(48(3)104)82(119)90-42-36-62(78(115)93-57(19-13-37-84)75(112)99-65(81(118)98-64)44-50-15-7-6-8-16-50)96-77(114)61(35-40-87)97-83(120)72(49(4)105)100-69(107)32-31-68(106)92-59(29-33-70(108)109)74(111)91-53-24-22-51(23-25-53)46-103-66(30-26-52-17-11-12-41-89-52)55-28-27-54(45-63(55)102-103)121-67-21-10-9-18-56(67)73(110)88-5/h6-12,15-18,21-28,30,41,45,47-49,57-62,64-65,71-72,104-105H,13-14,19-20,29,31-40,42-44,46,84-87H2,1-5H3,(H,88,110)(H,90,119)(H,91,111)(H,92,106)(H,93,115)(H,94,113)(H,95,117)(H,96,114)(H,97,120)(H,98,118)(H,99,112)(H,100,107)(H,101,116)(H,108,109)/b30-26+/t48-,49-,57+,58+,59+,60+,61+,62+,64+,65-,71+,72+/m1/s1. The van der Waals surface area contributed by atoms with Gasteiger partial charge in [0.25, 0.3) is 5.91 Å². The van der Waals surface area contributed by atoms with E-state index in [0.717, 1.165) is 33.4 Å². The van der Waals surface area contributed by atoms with E-state index in [4.69, 9.17) is 28.0 Å². The molecule has 0 bridgehead atoms. The van der Waals surface area contributed by atoms with Crippen molar-refractivity contribution >= 4 is 123 Å². The number of amides is 13. The van der Waals surface area contributed by atoms with Gasteiger partial charge in [0, 0.05) is 66.3 Å². The number of anilines is 1. The van der Waals surface area contributed by atoms with Gasteiger partial charge in [-0.05, 0) is 182 Å². The number of hydrogen-bond donors (Lipinski definition) is 20. The van der Waals surface area contributed by atoms with Gasteiger partial charge in [-0.2, -0.15) is 5.10 Å². The van der Waals surface area contributed by atoms with Crippen LogP contribution in [-0.4, -0.2) is 225 Å². The number of aliphatic hydroxyl groups excluding tert-OH is 2. The van der Waals surface area contributed by atoms with Crippen molar-refractivity contribution in [3.8, 4) is 0 Å². The van der Waals surface area contributed by atoms with Crippen LogP contribution >= 0.6 is 11.8 Å². The van der Waals surface area contributed by atoms with Crippen molar-refractivity contribution in [2.75, 3.05) is 45.1 Å². The Morgan fingerprint density at radius 2 is 1.18 bits per heavy atom. The predicted molar refractivity (Wildman–Crippen MR) is 451 cm³/mol. The molecule has 37 nitrogen and oxygen atoms in total. The molecular weight excluding hydrogens is 1580 g/mol. The summed E-state index contributed by atoms with van der Waals surface area (Å²) in [4.78, 5) is 201. The first kappa shape index (κ1) is 96.1. The number of nitrogens with zero attached hydrogens (tertiary/aromatic N) is 3. The molecule has 0 radical (unpaired) electrons. The summed E-state index contributed by atoms with van der Waals surface area (Å²) in [6.45, 7) is 5.25. The molecule has 1 aliphatic rings. The lowest BCUT2D eigenvalue weighted by Gasteiger charge is -2.28. The molecule has 652 valence electrons. The van der Waals surface area contributed by atoms with Crippen molar-refractivity contribution in [2.24, 2.45) is 28.9 Å². The van der Waals surface area contributed by atoms with E-state index < -0.39 is 182 Å². The Labute approximate surface area is 704 Å². The number of carboxylic acids is 1. The number of aromatic nitrogens is 3. The van der Waals surface area contributed by atoms with Gasteiger partial charge >= 0.3 is 5.97 Å². The van der Waals surface area contributed by atoms with Crippen LogP contribution in [0.3, 0.4) is 0 Å². The van der Waals surface area contributed by atoms with Gasteiger partial charge in [0.1, 0.15) is 60.4 Å². The molecule has 6 aromatic rings. The molecule has 1 saturated heterocycles. The van der Waals surface area contributed by atoms with Crippen LogP contribution in [0, 0.1) is 5.92 Å². The lowest BCUT2D eigenvalue weighted by molar-refractivity contribution is -0.138. The summed E-state index contributed by atoms with van der Waals surface area (Å²) in [7, 11) is 1.57. The number of hydrogen-bond acceptors (Lipinski definition) is 23. The van der Waals surface area contributed by atoms with Crippen molar-refractivity contribution in [1.29, 1.82) is 0 Å². The van der Waals surface area contributed by atoms with Crippen molar-refractivity contribution < 1.29 is 82.4 Å². The lowest BCUT2D eigenvalue weighted by atomic mass is 10.00. The van der Waals surface area contributed by atoms with Gasteiger partial charge < -0.3 is 107 Å². The number of nitrogens with two attached hydrogens (primary N) is 4. The normalized spacial score (nSPS) is 19.2. The van der Waals surface area contributed by atoms with E-state index in [2.05, 4.69) is 74.1 Å². The molecule has 2 aromatic heterocycles. The summed E-state index contributed by atoms with van der Waals surface area (Å²) < 4.78 is 1.82. The smallest absolute Gasteiger partial charge is 0.303 e. The highest BCUT2D eigenvalue weighted by atomic mass is 32.2. The number of carbonyl (C=O) groups is 14. The Kier molecular flexibility index (Phi) is 38.8. The number of fused-ring (bicyclic) bond motifs is 1. The maximum Gasteiger partial charge on any atom is 0.303 e. The zero-order chi connectivity index (χ0) is 88.2. The van der Waals surface area contributed by atoms with Crippen LogP contribution < -0.4 is 92.1 Å². The highest BCUT2D eigenvalue weighted by Crippen LogP contribution is 2.34. The van der Waals surface area contributed by atoms with Crippen LogP contribution in [0.4, 0.5) is 5.69 Å². The highest BCUT2D eigenvalue weighted by Gasteiger charge is 2.38. The molecule has 1 aliphatic heterocycles. The number of rotatable bonds is 37. The second-order valence-electron chi connectivity index (χ2n) is 29.6. The number of carbonyl (C=O) groups excluding carboxylic acids is 13. The van der Waals surface area contributed by atoms with E-state index in [9.17, 15) is 82.4 Å². The Bertz CT molecular complexity index is 4570. The summed E-state index contributed by atoms with van der Waals surface area (Å²) in [5, 5.41) is 70.8. The molecule has 13 amide bonds. The van der Waals surface area contributed by atoms with Gasteiger partial charge in [-0.25, -0.2) is 0 Å². The molecular formula is C83H112N20O17S. The van der Waals surface area contributed by atoms with E-state index in [1.807, 2.05) is 65.4 Å². The number of carboxylic acid groups (broad SMARTS) is 1. The average molecular weight is 1690 g/mol. The van der Waals surface area contributed by atoms with Crippen molar-refractivity contribution in [3.63, 3.8) is 0 Å². The molecule has 0 spiro atoms. The molecule has 0 unspecified atom stereocenters. The van der Waals surface area contributed by atoms with Crippen molar-refractivity contribution in [2.45, 2.75) is 200 Å². The Hall–Kier alpha value is -12.1. The molecule has 121 heavy (non-hydrogen) atoms. The number of nitrogens with one attached hydrogen (secondary N) is 13. The number of aliphatic carboxylic acids is 1. The van der Waals surface area contributed by atoms with E-state index >= 15 is 0 Å². The van der Waals surface area contributed by atoms with Crippen LogP contribution in [0.5, 0.6) is 0 Å². The summed E-state index contributed by atoms with van der Waals surface area (Å²) in [5.41, 5.74) is 27.9. The molecule has 38 heteroatoms. The van der Waals surface area contributed by atoms with Gasteiger partial charge in [-0.1, -0.05) is 86.3 Å². The van der Waals surface area contributed by atoms with Gasteiger partial charge in [-0.3, -0.25) is 76.8 Å². The predicted octanol–water partition coefficient (Wildman–Crippen LogP) is -0.662. The first-order valence-corrected chi connectivity index (χ1v) is 40.9. The average Bonchev–Trinajstić information content (AvgIpc) is 1.64. The monoisotopic (exact) mass is 1690 g/mol. The minimum atomic E-state index is -1.83. The molecule has 7 rings (SSSR count). The summed E-state index contributed by atoms with van der Waals surface area (Å²) in [6, 6.07) is 18.4. The molecule has 0 aliphatic carbocycles. The zero-order valence-corrected chi connectivity index (χ0v) is 69.1. The summed E-state index contributed by atoms with van der Waals surface area (Å²) >= 11 is 1.42.